The van der Waals surface area contributed by atoms with Gasteiger partial charge in [-0.05, 0) is 38.1 Å². The Balaban J connectivity index is 1.61. The van der Waals surface area contributed by atoms with Crippen LogP contribution in [0.4, 0.5) is 9.52 Å². The van der Waals surface area contributed by atoms with Crippen LogP contribution in [0.3, 0.4) is 0 Å². The van der Waals surface area contributed by atoms with E-state index >= 15 is 0 Å². The molecule has 3 rings (SSSR count). The highest BCUT2D eigenvalue weighted by atomic mass is 32.2. The smallest absolute Gasteiger partial charge is 0.350 e. The van der Waals surface area contributed by atoms with Gasteiger partial charge in [-0.3, -0.25) is 4.79 Å². The summed E-state index contributed by atoms with van der Waals surface area (Å²) in [6.45, 7) is 3.68. The second-order valence-corrected chi connectivity index (χ2v) is 7.80. The maximum absolute atomic E-state index is 13.1. The van der Waals surface area contributed by atoms with Gasteiger partial charge in [-0.2, -0.15) is 0 Å². The first-order chi connectivity index (χ1) is 13.9. The number of thioether (sulfide) groups is 1. The molecule has 0 aliphatic carbocycles. The summed E-state index contributed by atoms with van der Waals surface area (Å²) in [6, 6.07) is 5.94. The van der Waals surface area contributed by atoms with E-state index in [2.05, 4.69) is 20.5 Å². The lowest BCUT2D eigenvalue weighted by molar-refractivity contribution is -0.113. The number of aromatic nitrogens is 4. The summed E-state index contributed by atoms with van der Waals surface area (Å²) in [5, 5.41) is 11.7. The monoisotopic (exact) mass is 435 g/mol. The second kappa shape index (κ2) is 9.14. The fourth-order valence-corrected chi connectivity index (χ4v) is 4.00. The quantitative estimate of drug-likeness (QED) is 0.449. The lowest BCUT2D eigenvalue weighted by Gasteiger charge is -2.04. The molecule has 0 bridgehead atoms. The Kier molecular flexibility index (Phi) is 6.60. The molecule has 0 aliphatic heterocycles. The van der Waals surface area contributed by atoms with Crippen molar-refractivity contribution in [3.05, 3.63) is 40.7 Å². The van der Waals surface area contributed by atoms with Gasteiger partial charge in [0, 0.05) is 12.6 Å². The number of rotatable bonds is 7. The number of hydrogen-bond donors (Lipinski definition) is 1. The molecule has 1 aromatic carbocycles. The number of aryl methyl sites for hydroxylation is 1. The maximum atomic E-state index is 13.1. The summed E-state index contributed by atoms with van der Waals surface area (Å²) in [6.07, 6.45) is 0. The van der Waals surface area contributed by atoms with Crippen molar-refractivity contribution in [2.45, 2.75) is 19.0 Å². The Bertz CT molecular complexity index is 1030. The Labute approximate surface area is 174 Å². The van der Waals surface area contributed by atoms with Crippen molar-refractivity contribution in [3.63, 3.8) is 0 Å². The first kappa shape index (κ1) is 20.9. The van der Waals surface area contributed by atoms with Crippen LogP contribution in [0.1, 0.15) is 22.3 Å². The normalized spacial score (nSPS) is 10.8. The van der Waals surface area contributed by atoms with Crippen LogP contribution < -0.4 is 5.32 Å². The minimum Gasteiger partial charge on any atom is -0.462 e. The molecule has 8 nitrogen and oxygen atoms in total. The van der Waals surface area contributed by atoms with E-state index in [9.17, 15) is 14.0 Å². The topological polar surface area (TPSA) is 99.0 Å². The number of ether oxygens (including phenoxy) is 1. The molecule has 2 aromatic heterocycles. The number of benzene rings is 1. The molecule has 152 valence electrons. The highest BCUT2D eigenvalue weighted by Gasteiger charge is 2.18. The van der Waals surface area contributed by atoms with Gasteiger partial charge in [0.1, 0.15) is 10.7 Å². The van der Waals surface area contributed by atoms with Crippen molar-refractivity contribution in [1.82, 2.24) is 19.7 Å². The minimum absolute atomic E-state index is 0.0861. The fraction of sp³-hybridized carbons (Fsp3) is 0.278. The maximum Gasteiger partial charge on any atom is 0.350 e. The molecule has 2 heterocycles. The predicted octanol–water partition coefficient (Wildman–Crippen LogP) is 3.29. The SMILES string of the molecule is CCOC(=O)c1sc(NC(=O)CSc2nnc(-c3ccc(F)cc3)n2C)nc1C. The van der Waals surface area contributed by atoms with Crippen LogP contribution in [-0.4, -0.2) is 44.0 Å². The molecule has 0 atom stereocenters. The minimum atomic E-state index is -0.454. The van der Waals surface area contributed by atoms with E-state index < -0.39 is 5.97 Å². The average Bonchev–Trinajstić information content (AvgIpc) is 3.23. The highest BCUT2D eigenvalue weighted by Crippen LogP contribution is 2.25. The van der Waals surface area contributed by atoms with Gasteiger partial charge in [0.25, 0.3) is 0 Å². The third-order valence-corrected chi connectivity index (χ3v) is 5.85. The lowest BCUT2D eigenvalue weighted by atomic mass is 10.2. The zero-order chi connectivity index (χ0) is 21.0. The number of amides is 1. The van der Waals surface area contributed by atoms with Crippen LogP contribution in [0, 0.1) is 12.7 Å². The number of carbonyl (C=O) groups is 2. The van der Waals surface area contributed by atoms with Crippen LogP contribution in [-0.2, 0) is 16.6 Å². The zero-order valence-electron chi connectivity index (χ0n) is 15.9. The van der Waals surface area contributed by atoms with Crippen LogP contribution in [0.2, 0.25) is 0 Å². The molecule has 0 saturated carbocycles. The summed E-state index contributed by atoms with van der Waals surface area (Å²) in [7, 11) is 1.77. The van der Waals surface area contributed by atoms with Gasteiger partial charge in [-0.1, -0.05) is 23.1 Å². The third-order valence-electron chi connectivity index (χ3n) is 3.77. The number of carbonyl (C=O) groups excluding carboxylic acids is 2. The molecule has 0 aliphatic rings. The number of anilines is 1. The molecule has 1 amide bonds. The number of nitrogens with zero attached hydrogens (tertiary/aromatic N) is 4. The average molecular weight is 436 g/mol. The Hall–Kier alpha value is -2.79. The molecule has 0 saturated heterocycles. The second-order valence-electron chi connectivity index (χ2n) is 5.86. The number of esters is 1. The van der Waals surface area contributed by atoms with Gasteiger partial charge in [-0.25, -0.2) is 14.2 Å². The summed E-state index contributed by atoms with van der Waals surface area (Å²) < 4.78 is 19.8. The van der Waals surface area contributed by atoms with Crippen LogP contribution in [0.25, 0.3) is 11.4 Å². The van der Waals surface area contributed by atoms with Crippen molar-refractivity contribution in [1.29, 1.82) is 0 Å². The van der Waals surface area contributed by atoms with Crippen molar-refractivity contribution >= 4 is 40.1 Å². The molecule has 0 fully saturated rings. The van der Waals surface area contributed by atoms with Crippen LogP contribution in [0.5, 0.6) is 0 Å². The molecular formula is C18H18FN5O3S2. The lowest BCUT2D eigenvalue weighted by Crippen LogP contribution is -2.14. The van der Waals surface area contributed by atoms with Gasteiger partial charge >= 0.3 is 5.97 Å². The van der Waals surface area contributed by atoms with Gasteiger partial charge in [-0.15, -0.1) is 10.2 Å². The number of thiazole rings is 1. The number of nitrogens with one attached hydrogen (secondary N) is 1. The van der Waals surface area contributed by atoms with Crippen LogP contribution in [0.15, 0.2) is 29.4 Å². The van der Waals surface area contributed by atoms with E-state index in [0.717, 1.165) is 16.9 Å². The van der Waals surface area contributed by atoms with Gasteiger partial charge in [0.15, 0.2) is 16.1 Å². The van der Waals surface area contributed by atoms with Crippen LogP contribution >= 0.6 is 23.1 Å². The van der Waals surface area contributed by atoms with E-state index in [1.807, 2.05) is 0 Å². The van der Waals surface area contributed by atoms with E-state index in [1.165, 1.54) is 23.9 Å². The first-order valence-electron chi connectivity index (χ1n) is 8.61. The van der Waals surface area contributed by atoms with Gasteiger partial charge in [0.2, 0.25) is 5.91 Å². The molecule has 1 N–H and O–H groups in total. The van der Waals surface area contributed by atoms with E-state index in [4.69, 9.17) is 4.74 Å². The Morgan fingerprint density at radius 1 is 1.28 bits per heavy atom. The number of halogens is 1. The molecule has 29 heavy (non-hydrogen) atoms. The highest BCUT2D eigenvalue weighted by molar-refractivity contribution is 7.99. The Morgan fingerprint density at radius 2 is 2.00 bits per heavy atom. The molecule has 11 heteroatoms. The summed E-state index contributed by atoms with van der Waals surface area (Å²) in [4.78, 5) is 28.6. The largest absolute Gasteiger partial charge is 0.462 e. The summed E-state index contributed by atoms with van der Waals surface area (Å²) >= 11 is 2.28. The van der Waals surface area contributed by atoms with E-state index in [-0.39, 0.29) is 24.1 Å². The Morgan fingerprint density at radius 3 is 2.69 bits per heavy atom. The zero-order valence-corrected chi connectivity index (χ0v) is 17.6. The van der Waals surface area contributed by atoms with Crippen molar-refractivity contribution in [2.24, 2.45) is 7.05 Å². The molecular weight excluding hydrogens is 417 g/mol. The van der Waals surface area contributed by atoms with E-state index in [1.54, 1.807) is 37.6 Å². The predicted molar refractivity (Wildman–Crippen MR) is 109 cm³/mol. The standard InChI is InChI=1S/C18H18FN5O3S2/c1-4-27-16(26)14-10(2)20-17(29-14)21-13(25)9-28-18-23-22-15(24(18)3)11-5-7-12(19)8-6-11/h5-8H,4,9H2,1-3H3,(H,20,21,25). The molecule has 3 aromatic rings. The molecule has 0 radical (unpaired) electrons. The van der Waals surface area contributed by atoms with E-state index in [0.29, 0.717) is 26.7 Å². The fourth-order valence-electron chi connectivity index (χ4n) is 2.41. The van der Waals surface area contributed by atoms with Crippen molar-refractivity contribution < 1.29 is 18.7 Å². The van der Waals surface area contributed by atoms with Crippen molar-refractivity contribution in [2.75, 3.05) is 17.7 Å². The number of hydrogen-bond acceptors (Lipinski definition) is 8. The van der Waals surface area contributed by atoms with Crippen molar-refractivity contribution in [3.8, 4) is 11.4 Å². The first-order valence-corrected chi connectivity index (χ1v) is 10.4. The van der Waals surface area contributed by atoms with Gasteiger partial charge < -0.3 is 14.6 Å². The summed E-state index contributed by atoms with van der Waals surface area (Å²) in [5.74, 6) is -0.411. The molecule has 0 spiro atoms. The van der Waals surface area contributed by atoms with Gasteiger partial charge in [0.05, 0.1) is 18.1 Å². The molecule has 0 unspecified atom stereocenters. The summed E-state index contributed by atoms with van der Waals surface area (Å²) in [5.41, 5.74) is 1.23. The third kappa shape index (κ3) is 4.98.